The van der Waals surface area contributed by atoms with Crippen LogP contribution < -0.4 is 17.0 Å². The Kier molecular flexibility index (Phi) is 7.11. The highest BCUT2D eigenvalue weighted by Gasteiger charge is 2.73. The molecule has 0 radical (unpaired) electrons. The van der Waals surface area contributed by atoms with Crippen molar-refractivity contribution in [2.45, 2.75) is 47.5 Å². The number of aliphatic hydroxyl groups excluding tert-OH is 1. The number of phosphoric acid groups is 1. The second-order valence-corrected chi connectivity index (χ2v) is 15.4. The van der Waals surface area contributed by atoms with Gasteiger partial charge in [0.25, 0.3) is 5.56 Å². The molecule has 6 heterocycles. The maximum atomic E-state index is 13.6. The summed E-state index contributed by atoms with van der Waals surface area (Å²) in [7, 11) is -6.69. The topological polar surface area (TPSA) is 280 Å². The predicted octanol–water partition coefficient (Wildman–Crippen LogP) is -0.0179. The zero-order chi connectivity index (χ0) is 32.1. The van der Waals surface area contributed by atoms with Crippen LogP contribution in [0.5, 0.6) is 0 Å². The number of hydrogen-bond donors (Lipinski definition) is 5. The first-order valence-electron chi connectivity index (χ1n) is 14.0. The van der Waals surface area contributed by atoms with E-state index in [1.54, 1.807) is 4.57 Å². The first-order chi connectivity index (χ1) is 22.0. The molecule has 8 rings (SSSR count). The second-order valence-electron chi connectivity index (χ2n) is 11.6. The van der Waals surface area contributed by atoms with Crippen molar-refractivity contribution in [2.75, 3.05) is 31.8 Å². The number of nitrogen functional groups attached to an aromatic ring is 2. The molecule has 2 aliphatic heterocycles. The number of aromatic nitrogens is 8. The summed E-state index contributed by atoms with van der Waals surface area (Å²) in [6.07, 6.45) is 0.123. The van der Waals surface area contributed by atoms with Crippen molar-refractivity contribution < 1.29 is 42.0 Å². The van der Waals surface area contributed by atoms with Crippen molar-refractivity contribution in [3.63, 3.8) is 0 Å². The molecule has 0 aromatic carbocycles. The van der Waals surface area contributed by atoms with E-state index in [0.717, 1.165) is 0 Å². The van der Waals surface area contributed by atoms with E-state index in [4.69, 9.17) is 34.3 Å². The highest BCUT2D eigenvalue weighted by atomic mass is 32.2. The van der Waals surface area contributed by atoms with Crippen molar-refractivity contribution in [1.82, 2.24) is 39.0 Å². The van der Waals surface area contributed by atoms with E-state index in [2.05, 4.69) is 29.9 Å². The van der Waals surface area contributed by atoms with E-state index in [-0.39, 0.29) is 42.1 Å². The summed E-state index contributed by atoms with van der Waals surface area (Å²) in [5.74, 6) is -0.337. The maximum absolute atomic E-state index is 13.6. The molecule has 246 valence electrons. The molecule has 4 aromatic heterocycles. The summed E-state index contributed by atoms with van der Waals surface area (Å²) in [5.41, 5.74) is 11.0. The Labute approximate surface area is 262 Å². The van der Waals surface area contributed by atoms with Crippen molar-refractivity contribution in [1.29, 1.82) is 0 Å². The number of hydrogen-bond acceptors (Lipinski definition) is 17. The lowest BCUT2D eigenvalue weighted by Gasteiger charge is -2.29. The van der Waals surface area contributed by atoms with E-state index in [0.29, 0.717) is 17.6 Å². The molecule has 3 unspecified atom stereocenters. The minimum absolute atomic E-state index is 0.00223. The van der Waals surface area contributed by atoms with Crippen LogP contribution >= 0.6 is 27.8 Å². The summed E-state index contributed by atoms with van der Waals surface area (Å²) in [6.45, 7) is -0.558. The lowest BCUT2D eigenvalue weighted by molar-refractivity contribution is -0.0272. The molecule has 2 saturated carbocycles. The molecule has 2 aliphatic carbocycles. The van der Waals surface area contributed by atoms with Gasteiger partial charge in [0.05, 0.1) is 37.2 Å². The van der Waals surface area contributed by atoms with Gasteiger partial charge in [-0.2, -0.15) is 4.98 Å². The Morgan fingerprint density at radius 3 is 2.78 bits per heavy atom. The number of aromatic amines is 1. The van der Waals surface area contributed by atoms with Crippen LogP contribution in [-0.2, 0) is 32.0 Å². The van der Waals surface area contributed by atoms with E-state index >= 15 is 0 Å². The van der Waals surface area contributed by atoms with Crippen LogP contribution in [0, 0.1) is 11.3 Å². The van der Waals surface area contributed by atoms with Crippen molar-refractivity contribution in [2.24, 2.45) is 11.3 Å². The maximum Gasteiger partial charge on any atom is 0.472 e. The van der Waals surface area contributed by atoms with Crippen LogP contribution in [0.4, 0.5) is 11.8 Å². The average Bonchev–Trinajstić information content (AvgIpc) is 3.31. The molecular formula is C23H28N10O10P2S. The van der Waals surface area contributed by atoms with Gasteiger partial charge in [0, 0.05) is 12.5 Å². The zero-order valence-electron chi connectivity index (χ0n) is 23.8. The molecule has 7 N–H and O–H groups in total. The third-order valence-electron chi connectivity index (χ3n) is 9.15. The van der Waals surface area contributed by atoms with Crippen molar-refractivity contribution in [3.05, 3.63) is 29.3 Å². The smallest absolute Gasteiger partial charge is 0.388 e. The quantitative estimate of drug-likeness (QED) is 0.176. The van der Waals surface area contributed by atoms with Gasteiger partial charge >= 0.3 is 16.1 Å². The SMILES string of the molecule is CO[C@H]1[C@H]2OP(=O)(O)OCC34C[C@@H]3[C@@H](n3cnc5c(N)ncnc53)[C@H](O)[C@@H]4O[PH](=O)OC[C@H]1S[C@H]2n1cnc2c(=O)[nH]c(N)nc21. The fraction of sp³-hybridized carbons (Fsp3) is 0.565. The van der Waals surface area contributed by atoms with Gasteiger partial charge in [-0.1, -0.05) is 0 Å². The number of fused-ring (bicyclic) bond motifs is 4. The Bertz CT molecular complexity index is 1990. The summed E-state index contributed by atoms with van der Waals surface area (Å²) in [5, 5.41) is 10.1. The van der Waals surface area contributed by atoms with E-state index in [1.807, 2.05) is 0 Å². The number of phosphoric ester groups is 1. The molecule has 46 heavy (non-hydrogen) atoms. The van der Waals surface area contributed by atoms with Gasteiger partial charge in [-0.3, -0.25) is 28.0 Å². The molecule has 1 spiro atoms. The third kappa shape index (κ3) is 4.64. The fourth-order valence-corrected chi connectivity index (χ4v) is 10.8. The number of nitrogens with two attached hydrogens (primary N) is 2. The van der Waals surface area contributed by atoms with Crippen LogP contribution in [0.1, 0.15) is 17.8 Å². The number of H-pyrrole nitrogens is 1. The third-order valence-corrected chi connectivity index (χ3v) is 12.5. The van der Waals surface area contributed by atoms with E-state index < -0.39 is 68.1 Å². The van der Waals surface area contributed by atoms with Gasteiger partial charge in [-0.15, -0.1) is 11.8 Å². The second kappa shape index (κ2) is 10.8. The normalized spacial score (nSPS) is 39.4. The lowest BCUT2D eigenvalue weighted by Crippen LogP contribution is -2.37. The van der Waals surface area contributed by atoms with Crippen LogP contribution in [0.2, 0.25) is 0 Å². The monoisotopic (exact) mass is 698 g/mol. The molecule has 4 fully saturated rings. The number of rotatable bonds is 3. The number of anilines is 2. The Morgan fingerprint density at radius 2 is 1.98 bits per heavy atom. The van der Waals surface area contributed by atoms with Gasteiger partial charge in [-0.25, -0.2) is 24.5 Å². The number of nitrogens with zero attached hydrogens (tertiary/aromatic N) is 7. The first-order valence-corrected chi connectivity index (χ1v) is 17.7. The Hall–Kier alpha value is -2.97. The van der Waals surface area contributed by atoms with Crippen LogP contribution in [0.25, 0.3) is 22.3 Å². The molecule has 0 amide bonds. The molecular weight excluding hydrogens is 670 g/mol. The van der Waals surface area contributed by atoms with Crippen LogP contribution in [0.3, 0.4) is 0 Å². The van der Waals surface area contributed by atoms with Crippen LogP contribution in [-0.4, -0.2) is 99.0 Å². The van der Waals surface area contributed by atoms with Gasteiger partial charge in [0.15, 0.2) is 22.6 Å². The highest BCUT2D eigenvalue weighted by molar-refractivity contribution is 8.00. The van der Waals surface area contributed by atoms with Gasteiger partial charge < -0.3 is 39.8 Å². The largest absolute Gasteiger partial charge is 0.472 e. The van der Waals surface area contributed by atoms with Gasteiger partial charge in [-0.05, 0) is 12.3 Å². The Morgan fingerprint density at radius 1 is 1.20 bits per heavy atom. The number of aliphatic hydroxyl groups is 1. The summed E-state index contributed by atoms with van der Waals surface area (Å²) >= 11 is 1.20. The summed E-state index contributed by atoms with van der Waals surface area (Å²) in [6, 6.07) is -0.666. The number of thioether (sulfide) groups is 1. The summed E-state index contributed by atoms with van der Waals surface area (Å²) in [4.78, 5) is 46.7. The highest BCUT2D eigenvalue weighted by Crippen LogP contribution is 2.71. The van der Waals surface area contributed by atoms with Crippen molar-refractivity contribution >= 4 is 61.9 Å². The standard InChI is InChI=1S/C23H28N10O10P2S/c1-39-14-9-3-40-44(36)42-16-13(34)12(32-6-28-10-17(24)26-5-27-18(10)32)8-2-23(8,16)4-41-45(37,38)43-15(14)21(46-9)33-7-29-11-19(33)30-22(25)31-20(11)35/h5-9,12-16,21,34,44H,2-4H2,1H3,(H,37,38)(H2,24,26,27)(H3,25,30,31,35)/t8-,9-,12-,13+,14-,15-,16+,21-,23?/m1/s1. The predicted molar refractivity (Wildman–Crippen MR) is 160 cm³/mol. The number of methoxy groups -OCH3 is 1. The Balaban J connectivity index is 1.13. The van der Waals surface area contributed by atoms with Crippen LogP contribution in [0.15, 0.2) is 23.8 Å². The molecule has 11 atom stereocenters. The molecule has 23 heteroatoms. The number of imidazole rings is 2. The number of nitrogens with one attached hydrogen (secondary N) is 1. The zero-order valence-corrected chi connectivity index (χ0v) is 26.5. The minimum Gasteiger partial charge on any atom is -0.388 e. The minimum atomic E-state index is -4.84. The van der Waals surface area contributed by atoms with Crippen molar-refractivity contribution in [3.8, 4) is 0 Å². The fourth-order valence-electron chi connectivity index (χ4n) is 7.04. The molecule has 4 aromatic rings. The van der Waals surface area contributed by atoms with Gasteiger partial charge in [0.2, 0.25) is 5.95 Å². The first kappa shape index (κ1) is 30.4. The summed E-state index contributed by atoms with van der Waals surface area (Å²) < 4.78 is 58.8. The average molecular weight is 699 g/mol. The van der Waals surface area contributed by atoms with E-state index in [9.17, 15) is 23.9 Å². The lowest BCUT2D eigenvalue weighted by atomic mass is 10.0. The number of ether oxygens (including phenoxy) is 1. The van der Waals surface area contributed by atoms with E-state index in [1.165, 1.54) is 42.4 Å². The molecule has 4 aliphatic rings. The molecule has 20 nitrogen and oxygen atoms in total. The van der Waals surface area contributed by atoms with Gasteiger partial charge in [0.1, 0.15) is 41.6 Å². The molecule has 2 bridgehead atoms. The molecule has 2 saturated heterocycles.